The van der Waals surface area contributed by atoms with Crippen molar-refractivity contribution in [2.24, 2.45) is 7.05 Å². The van der Waals surface area contributed by atoms with E-state index in [0.29, 0.717) is 70.8 Å². The van der Waals surface area contributed by atoms with Gasteiger partial charge in [0, 0.05) is 48.9 Å². The standard InChI is InChI=1S/C38H33N7O9S2/c1-20-7-11-30(54-55(48)49)27(17-20)41-38-43-36(21-13-15-53-16-14-21)42-37(44-38)39-22-8-12-31(56(50,51)52)28(18-22)40-26-9-10-29-33-25(19-32(46)45(29)2)23-5-3-4-6-24(23)35(47)34(26)33/h3-12,17-19,21,40H,13-16H2,1-2H3,(H,48,49)(H,50,51,52)(H2,39,41,42,43,44). The summed E-state index contributed by atoms with van der Waals surface area (Å²) >= 11 is -2.60. The Balaban J connectivity index is 1.21. The average molecular weight is 796 g/mol. The summed E-state index contributed by atoms with van der Waals surface area (Å²) in [6.45, 7) is 2.85. The average Bonchev–Trinajstić information content (AvgIpc) is 3.16. The molecule has 2 aromatic heterocycles. The van der Waals surface area contributed by atoms with Crippen LogP contribution < -0.4 is 25.7 Å². The second kappa shape index (κ2) is 14.5. The number of ether oxygens (including phenoxy) is 1. The normalized spacial score (nSPS) is 14.6. The number of ketones is 1. The van der Waals surface area contributed by atoms with Crippen LogP contribution in [-0.2, 0) is 33.3 Å². The number of anilines is 6. The molecule has 1 fully saturated rings. The molecule has 8 rings (SSSR count). The summed E-state index contributed by atoms with van der Waals surface area (Å²) in [5, 5.41) is 9.78. The zero-order chi connectivity index (χ0) is 39.3. The molecule has 286 valence electrons. The van der Waals surface area contributed by atoms with Crippen LogP contribution in [-0.4, -0.2) is 60.2 Å². The highest BCUT2D eigenvalue weighted by Gasteiger charge is 2.30. The predicted molar refractivity (Wildman–Crippen MR) is 209 cm³/mol. The first-order chi connectivity index (χ1) is 26.8. The van der Waals surface area contributed by atoms with Crippen molar-refractivity contribution in [2.75, 3.05) is 29.2 Å². The third kappa shape index (κ3) is 7.11. The van der Waals surface area contributed by atoms with E-state index in [-0.39, 0.29) is 51.8 Å². The summed E-state index contributed by atoms with van der Waals surface area (Å²) in [6.07, 6.45) is 1.30. The van der Waals surface area contributed by atoms with Gasteiger partial charge >= 0.3 is 11.4 Å². The number of carbonyl (C=O) groups excluding carboxylic acids is 1. The van der Waals surface area contributed by atoms with Crippen LogP contribution in [0.3, 0.4) is 0 Å². The number of nitrogens with zero attached hydrogens (tertiary/aromatic N) is 4. The molecule has 18 heteroatoms. The molecule has 0 bridgehead atoms. The van der Waals surface area contributed by atoms with Crippen molar-refractivity contribution in [3.05, 3.63) is 112 Å². The Morgan fingerprint density at radius 2 is 1.57 bits per heavy atom. The SMILES string of the molecule is Cc1ccc(OS(=O)O)c(Nc2nc(Nc3ccc(S(=O)(=O)O)c(Nc4ccc5c6c(cc(=O)n5C)-c5ccccc5C(=O)c46)c3)nc(C3CCOCC3)n2)c1. The van der Waals surface area contributed by atoms with Gasteiger partial charge in [-0.25, -0.2) is 0 Å². The second-order valence-corrected chi connectivity index (χ2v) is 15.3. The molecule has 0 saturated carbocycles. The number of rotatable bonds is 10. The number of fused-ring (bicyclic) bond motifs is 2. The zero-order valence-electron chi connectivity index (χ0n) is 29.8. The molecular weight excluding hydrogens is 763 g/mol. The van der Waals surface area contributed by atoms with E-state index in [1.165, 1.54) is 34.9 Å². The van der Waals surface area contributed by atoms with Gasteiger partial charge in [-0.2, -0.15) is 27.6 Å². The summed E-state index contributed by atoms with van der Waals surface area (Å²) in [5.41, 5.74) is 3.65. The lowest BCUT2D eigenvalue weighted by atomic mass is 9.83. The first kappa shape index (κ1) is 36.9. The number of benzene rings is 4. The summed E-state index contributed by atoms with van der Waals surface area (Å²) in [7, 11) is -3.18. The minimum atomic E-state index is -4.79. The monoisotopic (exact) mass is 795 g/mol. The molecule has 5 N–H and O–H groups in total. The van der Waals surface area contributed by atoms with Crippen LogP contribution in [0.2, 0.25) is 0 Å². The second-order valence-electron chi connectivity index (χ2n) is 13.3. The van der Waals surface area contributed by atoms with Crippen molar-refractivity contribution < 1.29 is 35.4 Å². The topological polar surface area (TPSA) is 224 Å². The number of hydrogen-bond donors (Lipinski definition) is 5. The van der Waals surface area contributed by atoms with E-state index in [9.17, 15) is 31.3 Å². The molecular formula is C38H33N7O9S2. The highest BCUT2D eigenvalue weighted by Crippen LogP contribution is 2.43. The Labute approximate surface area is 322 Å². The van der Waals surface area contributed by atoms with Crippen LogP contribution in [0.25, 0.3) is 22.0 Å². The van der Waals surface area contributed by atoms with Gasteiger partial charge in [0.25, 0.3) is 15.7 Å². The lowest BCUT2D eigenvalue weighted by molar-refractivity contribution is 0.0836. The van der Waals surface area contributed by atoms with E-state index in [1.807, 2.05) is 6.92 Å². The van der Waals surface area contributed by atoms with Gasteiger partial charge in [-0.15, -0.1) is 0 Å². The minimum Gasteiger partial charge on any atom is -0.381 e. The number of pyridine rings is 1. The molecule has 16 nitrogen and oxygen atoms in total. The fraction of sp³-hybridized carbons (Fsp3) is 0.184. The van der Waals surface area contributed by atoms with Gasteiger partial charge in [0.15, 0.2) is 11.5 Å². The molecule has 4 aromatic carbocycles. The van der Waals surface area contributed by atoms with Gasteiger partial charge < -0.3 is 29.4 Å². The van der Waals surface area contributed by atoms with Gasteiger partial charge in [0.05, 0.1) is 28.1 Å². The fourth-order valence-corrected chi connectivity index (χ4v) is 7.94. The molecule has 1 atom stereocenters. The maximum absolute atomic E-state index is 14.1. The summed E-state index contributed by atoms with van der Waals surface area (Å²) in [4.78, 5) is 40.5. The minimum absolute atomic E-state index is 0.0678. The van der Waals surface area contributed by atoms with Crippen LogP contribution in [0.1, 0.15) is 46.1 Å². The van der Waals surface area contributed by atoms with Gasteiger partial charge in [0.2, 0.25) is 11.9 Å². The van der Waals surface area contributed by atoms with Crippen LogP contribution >= 0.6 is 0 Å². The van der Waals surface area contributed by atoms with Crippen molar-refractivity contribution in [1.29, 1.82) is 0 Å². The lowest BCUT2D eigenvalue weighted by Crippen LogP contribution is -2.21. The maximum Gasteiger partial charge on any atom is 0.357 e. The summed E-state index contributed by atoms with van der Waals surface area (Å²) in [5.74, 6) is 0.285. The van der Waals surface area contributed by atoms with Gasteiger partial charge in [-0.3, -0.25) is 18.7 Å². The Morgan fingerprint density at radius 1 is 0.839 bits per heavy atom. The quantitative estimate of drug-likeness (QED) is 0.0776. The smallest absolute Gasteiger partial charge is 0.357 e. The number of nitrogens with one attached hydrogen (secondary N) is 3. The Bertz CT molecular complexity index is 2790. The van der Waals surface area contributed by atoms with Crippen LogP contribution in [0.4, 0.5) is 34.6 Å². The first-order valence-electron chi connectivity index (χ1n) is 17.3. The molecule has 0 spiro atoms. The van der Waals surface area contributed by atoms with Crippen molar-refractivity contribution in [3.8, 4) is 16.9 Å². The van der Waals surface area contributed by atoms with E-state index in [1.54, 1.807) is 55.6 Å². The van der Waals surface area contributed by atoms with E-state index in [0.717, 1.165) is 5.56 Å². The molecule has 2 aliphatic rings. The van der Waals surface area contributed by atoms with Crippen LogP contribution in [0, 0.1) is 6.92 Å². The summed E-state index contributed by atoms with van der Waals surface area (Å²) < 4.78 is 68.7. The fourth-order valence-electron chi connectivity index (χ4n) is 7.02. The lowest BCUT2D eigenvalue weighted by Gasteiger charge is -2.24. The molecule has 0 amide bonds. The number of aryl methyl sites for hydroxylation is 2. The van der Waals surface area contributed by atoms with Crippen molar-refractivity contribution >= 4 is 72.8 Å². The number of hydrogen-bond acceptors (Lipinski definition) is 13. The van der Waals surface area contributed by atoms with Gasteiger partial charge in [0.1, 0.15) is 10.7 Å². The molecule has 1 unspecified atom stereocenters. The van der Waals surface area contributed by atoms with E-state index in [2.05, 4.69) is 30.9 Å². The zero-order valence-corrected chi connectivity index (χ0v) is 31.4. The maximum atomic E-state index is 14.1. The number of carbonyl (C=O) groups is 1. The third-order valence-electron chi connectivity index (χ3n) is 9.67. The van der Waals surface area contributed by atoms with Crippen LogP contribution in [0.5, 0.6) is 5.75 Å². The molecule has 1 aliphatic heterocycles. The molecule has 1 aliphatic carbocycles. The Kier molecular flexibility index (Phi) is 9.59. The highest BCUT2D eigenvalue weighted by atomic mass is 32.2. The molecule has 6 aromatic rings. The first-order valence-corrected chi connectivity index (χ1v) is 19.8. The molecule has 1 saturated heterocycles. The summed E-state index contributed by atoms with van der Waals surface area (Å²) in [6, 6.07) is 20.7. The van der Waals surface area contributed by atoms with Crippen molar-refractivity contribution in [1.82, 2.24) is 19.5 Å². The number of aromatic nitrogens is 4. The van der Waals surface area contributed by atoms with E-state index >= 15 is 0 Å². The Hall–Kier alpha value is -6.05. The Morgan fingerprint density at radius 3 is 2.30 bits per heavy atom. The van der Waals surface area contributed by atoms with Gasteiger partial charge in [-0.1, -0.05) is 30.3 Å². The molecule has 3 heterocycles. The van der Waals surface area contributed by atoms with E-state index < -0.39 is 26.4 Å². The molecule has 0 radical (unpaired) electrons. The van der Waals surface area contributed by atoms with Gasteiger partial charge in [-0.05, 0) is 78.9 Å². The van der Waals surface area contributed by atoms with Crippen molar-refractivity contribution in [3.63, 3.8) is 0 Å². The molecule has 56 heavy (non-hydrogen) atoms. The van der Waals surface area contributed by atoms with Crippen molar-refractivity contribution in [2.45, 2.75) is 30.6 Å². The van der Waals surface area contributed by atoms with Crippen LogP contribution in [0.15, 0.2) is 88.6 Å². The van der Waals surface area contributed by atoms with E-state index in [4.69, 9.17) is 8.92 Å². The predicted octanol–water partition coefficient (Wildman–Crippen LogP) is 6.13. The largest absolute Gasteiger partial charge is 0.381 e. The third-order valence-corrected chi connectivity index (χ3v) is 10.9. The highest BCUT2D eigenvalue weighted by molar-refractivity contribution is 7.86.